The van der Waals surface area contributed by atoms with Crippen molar-refractivity contribution in [2.75, 3.05) is 46.3 Å². The summed E-state index contributed by atoms with van der Waals surface area (Å²) in [6, 6.07) is 0. The van der Waals surface area contributed by atoms with Gasteiger partial charge in [-0.15, -0.1) is 0 Å². The van der Waals surface area contributed by atoms with E-state index in [-0.39, 0.29) is 11.8 Å². The lowest BCUT2D eigenvalue weighted by Crippen LogP contribution is -2.39. The van der Waals surface area contributed by atoms with Crippen molar-refractivity contribution in [1.29, 1.82) is 0 Å². The van der Waals surface area contributed by atoms with E-state index in [1.807, 2.05) is 13.8 Å². The molecule has 0 aromatic rings. The topological polar surface area (TPSA) is 35.6 Å². The van der Waals surface area contributed by atoms with Crippen LogP contribution in [-0.2, 0) is 4.79 Å². The highest BCUT2D eigenvalue weighted by Crippen LogP contribution is 2.20. The molecule has 0 aromatic carbocycles. The standard InChI is InChI=1S/C18H35N3O.C2H6/c1-3-16-6-14-21(15-7-16)11-5-4-10-19-18(22)17-8-12-20(2)13-9-17;1-2/h16-17H,3-15H2,1-2H3,(H,19,22);1-2H3. The lowest BCUT2D eigenvalue weighted by molar-refractivity contribution is -0.126. The first-order valence-electron chi connectivity index (χ1n) is 10.4. The number of carbonyl (C=O) groups is 1. The summed E-state index contributed by atoms with van der Waals surface area (Å²) in [4.78, 5) is 17.0. The van der Waals surface area contributed by atoms with Gasteiger partial charge in [0.15, 0.2) is 0 Å². The zero-order valence-electron chi connectivity index (χ0n) is 16.6. The highest BCUT2D eigenvalue weighted by molar-refractivity contribution is 5.78. The minimum atomic E-state index is 0.254. The summed E-state index contributed by atoms with van der Waals surface area (Å²) in [5.41, 5.74) is 0. The average Bonchev–Trinajstić information content (AvgIpc) is 2.64. The maximum Gasteiger partial charge on any atom is 0.223 e. The molecule has 4 nitrogen and oxygen atoms in total. The number of likely N-dealkylation sites (tertiary alicyclic amines) is 2. The van der Waals surface area contributed by atoms with Gasteiger partial charge in [-0.1, -0.05) is 27.2 Å². The van der Waals surface area contributed by atoms with Gasteiger partial charge in [-0.05, 0) is 84.2 Å². The van der Waals surface area contributed by atoms with E-state index in [2.05, 4.69) is 29.1 Å². The van der Waals surface area contributed by atoms with Gasteiger partial charge in [-0.3, -0.25) is 4.79 Å². The molecule has 2 saturated heterocycles. The molecule has 2 aliphatic heterocycles. The van der Waals surface area contributed by atoms with E-state index in [9.17, 15) is 4.79 Å². The van der Waals surface area contributed by atoms with Crippen LogP contribution in [0.5, 0.6) is 0 Å². The Balaban J connectivity index is 0.00000139. The number of nitrogens with one attached hydrogen (secondary N) is 1. The van der Waals surface area contributed by atoms with Crippen molar-refractivity contribution in [2.24, 2.45) is 11.8 Å². The van der Waals surface area contributed by atoms with Crippen molar-refractivity contribution < 1.29 is 4.79 Å². The number of hydrogen-bond acceptors (Lipinski definition) is 3. The monoisotopic (exact) mass is 339 g/mol. The fourth-order valence-electron chi connectivity index (χ4n) is 3.71. The molecule has 2 aliphatic rings. The van der Waals surface area contributed by atoms with Gasteiger partial charge in [0, 0.05) is 12.5 Å². The van der Waals surface area contributed by atoms with Crippen molar-refractivity contribution in [1.82, 2.24) is 15.1 Å². The van der Waals surface area contributed by atoms with Crippen LogP contribution >= 0.6 is 0 Å². The summed E-state index contributed by atoms with van der Waals surface area (Å²) in [5.74, 6) is 1.51. The summed E-state index contributed by atoms with van der Waals surface area (Å²) in [5, 5.41) is 3.15. The Kier molecular flexibility index (Phi) is 11.4. The van der Waals surface area contributed by atoms with Gasteiger partial charge in [0.2, 0.25) is 5.91 Å². The number of nitrogens with zero attached hydrogens (tertiary/aromatic N) is 2. The van der Waals surface area contributed by atoms with E-state index in [1.165, 1.54) is 45.3 Å². The zero-order chi connectivity index (χ0) is 17.8. The first kappa shape index (κ1) is 21.4. The third-order valence-corrected chi connectivity index (χ3v) is 5.57. The normalized spacial score (nSPS) is 21.2. The van der Waals surface area contributed by atoms with Crippen molar-refractivity contribution in [3.8, 4) is 0 Å². The van der Waals surface area contributed by atoms with Crippen LogP contribution in [0.1, 0.15) is 65.7 Å². The summed E-state index contributed by atoms with van der Waals surface area (Å²) < 4.78 is 0. The van der Waals surface area contributed by atoms with E-state index in [1.54, 1.807) is 0 Å². The molecule has 2 heterocycles. The molecule has 0 aromatic heterocycles. The van der Waals surface area contributed by atoms with Gasteiger partial charge in [0.05, 0.1) is 0 Å². The quantitative estimate of drug-likeness (QED) is 0.722. The van der Waals surface area contributed by atoms with Crippen LogP contribution in [0.2, 0.25) is 0 Å². The second-order valence-electron chi connectivity index (χ2n) is 7.27. The Hall–Kier alpha value is -0.610. The minimum Gasteiger partial charge on any atom is -0.356 e. The molecule has 1 N–H and O–H groups in total. The molecule has 0 atom stereocenters. The van der Waals surface area contributed by atoms with Crippen LogP contribution < -0.4 is 5.32 Å². The summed E-state index contributed by atoms with van der Waals surface area (Å²) in [7, 11) is 2.14. The fraction of sp³-hybridized carbons (Fsp3) is 0.950. The molecule has 0 spiro atoms. The number of hydrogen-bond donors (Lipinski definition) is 1. The predicted molar refractivity (Wildman–Crippen MR) is 103 cm³/mol. The van der Waals surface area contributed by atoms with Crippen LogP contribution in [0.4, 0.5) is 0 Å². The SMILES string of the molecule is CC.CCC1CCN(CCCCNC(=O)C2CCN(C)CC2)CC1. The number of unbranched alkanes of at least 4 members (excludes halogenated alkanes) is 1. The van der Waals surface area contributed by atoms with Crippen LogP contribution in [0.15, 0.2) is 0 Å². The summed E-state index contributed by atoms with van der Waals surface area (Å²) >= 11 is 0. The Morgan fingerprint density at radius 3 is 2.21 bits per heavy atom. The lowest BCUT2D eigenvalue weighted by atomic mass is 9.94. The highest BCUT2D eigenvalue weighted by atomic mass is 16.1. The number of rotatable bonds is 7. The van der Waals surface area contributed by atoms with Gasteiger partial charge >= 0.3 is 0 Å². The first-order valence-corrected chi connectivity index (χ1v) is 10.4. The maximum absolute atomic E-state index is 12.1. The lowest BCUT2D eigenvalue weighted by Gasteiger charge is -2.31. The van der Waals surface area contributed by atoms with E-state index >= 15 is 0 Å². The molecule has 4 heteroatoms. The molecule has 0 radical (unpaired) electrons. The van der Waals surface area contributed by atoms with Crippen molar-refractivity contribution in [3.05, 3.63) is 0 Å². The Bertz CT molecular complexity index is 319. The predicted octanol–water partition coefficient (Wildman–Crippen LogP) is 3.37. The zero-order valence-corrected chi connectivity index (χ0v) is 16.6. The molecule has 142 valence electrons. The molecule has 1 amide bonds. The summed E-state index contributed by atoms with van der Waals surface area (Å²) in [6.07, 6.45) is 8.48. The Morgan fingerprint density at radius 2 is 1.62 bits per heavy atom. The van der Waals surface area contributed by atoms with E-state index < -0.39 is 0 Å². The molecule has 0 aliphatic carbocycles. The first-order chi connectivity index (χ1) is 11.7. The van der Waals surface area contributed by atoms with E-state index in [4.69, 9.17) is 0 Å². The minimum absolute atomic E-state index is 0.254. The van der Waals surface area contributed by atoms with Gasteiger partial charge < -0.3 is 15.1 Å². The van der Waals surface area contributed by atoms with Gasteiger partial charge in [0.1, 0.15) is 0 Å². The number of amides is 1. The fourth-order valence-corrected chi connectivity index (χ4v) is 3.71. The molecule has 2 fully saturated rings. The third kappa shape index (κ3) is 7.98. The molecule has 0 bridgehead atoms. The number of carbonyl (C=O) groups excluding carboxylic acids is 1. The maximum atomic E-state index is 12.1. The molecular weight excluding hydrogens is 298 g/mol. The van der Waals surface area contributed by atoms with Crippen molar-refractivity contribution in [3.63, 3.8) is 0 Å². The average molecular weight is 340 g/mol. The second kappa shape index (κ2) is 12.7. The second-order valence-corrected chi connectivity index (χ2v) is 7.27. The van der Waals surface area contributed by atoms with E-state index in [0.29, 0.717) is 0 Å². The summed E-state index contributed by atoms with van der Waals surface area (Å²) in [6.45, 7) is 13.1. The highest BCUT2D eigenvalue weighted by Gasteiger charge is 2.22. The van der Waals surface area contributed by atoms with Crippen LogP contribution in [0.25, 0.3) is 0 Å². The molecule has 2 rings (SSSR count). The third-order valence-electron chi connectivity index (χ3n) is 5.57. The molecular formula is C20H41N3O. The molecule has 0 unspecified atom stereocenters. The van der Waals surface area contributed by atoms with Crippen LogP contribution in [0, 0.1) is 11.8 Å². The van der Waals surface area contributed by atoms with Gasteiger partial charge in [0.25, 0.3) is 0 Å². The van der Waals surface area contributed by atoms with Crippen molar-refractivity contribution >= 4 is 5.91 Å². The molecule has 24 heavy (non-hydrogen) atoms. The molecule has 0 saturated carbocycles. The smallest absolute Gasteiger partial charge is 0.223 e. The van der Waals surface area contributed by atoms with Crippen molar-refractivity contribution in [2.45, 2.75) is 65.7 Å². The number of piperidine rings is 2. The van der Waals surface area contributed by atoms with Crippen LogP contribution in [-0.4, -0.2) is 62.0 Å². The Morgan fingerprint density at radius 1 is 1.00 bits per heavy atom. The van der Waals surface area contributed by atoms with Gasteiger partial charge in [-0.2, -0.15) is 0 Å². The largest absolute Gasteiger partial charge is 0.356 e. The van der Waals surface area contributed by atoms with Crippen LogP contribution in [0.3, 0.4) is 0 Å². The van der Waals surface area contributed by atoms with Gasteiger partial charge in [-0.25, -0.2) is 0 Å². The van der Waals surface area contributed by atoms with E-state index in [0.717, 1.165) is 44.8 Å². The Labute approximate surface area is 150 Å².